The first-order valence-electron chi connectivity index (χ1n) is 11.6. The molecule has 2 rings (SSSR count). The van der Waals surface area contributed by atoms with Crippen molar-refractivity contribution in [3.63, 3.8) is 0 Å². The number of carbonyl (C=O) groups is 2. The predicted octanol–water partition coefficient (Wildman–Crippen LogP) is 6.27. The number of unbranched alkanes of at least 4 members (excludes halogenated alkanes) is 4. The first-order chi connectivity index (χ1) is 13.6. The molecule has 0 bridgehead atoms. The van der Waals surface area contributed by atoms with Crippen LogP contribution in [0, 0.1) is 5.92 Å². The monoisotopic (exact) mass is 392 g/mol. The van der Waals surface area contributed by atoms with E-state index in [2.05, 4.69) is 6.92 Å². The minimum atomic E-state index is -0.280. The molecule has 2 fully saturated rings. The Morgan fingerprint density at radius 1 is 0.964 bits per heavy atom. The molecular weight excluding hydrogens is 352 g/mol. The van der Waals surface area contributed by atoms with Crippen LogP contribution in [0.15, 0.2) is 12.2 Å². The fourth-order valence-electron chi connectivity index (χ4n) is 4.70. The highest BCUT2D eigenvalue weighted by Gasteiger charge is 2.38. The Morgan fingerprint density at radius 2 is 1.64 bits per heavy atom. The summed E-state index contributed by atoms with van der Waals surface area (Å²) in [7, 11) is 0. The van der Waals surface area contributed by atoms with Crippen molar-refractivity contribution in [2.45, 2.75) is 122 Å². The van der Waals surface area contributed by atoms with E-state index in [0.717, 1.165) is 44.9 Å². The summed E-state index contributed by atoms with van der Waals surface area (Å²) in [5.41, 5.74) is -0.212. The number of esters is 2. The van der Waals surface area contributed by atoms with Gasteiger partial charge in [0, 0.05) is 6.08 Å². The largest absolute Gasteiger partial charge is 0.459 e. The van der Waals surface area contributed by atoms with Gasteiger partial charge in [0.1, 0.15) is 11.7 Å². The summed E-state index contributed by atoms with van der Waals surface area (Å²) >= 11 is 0. The van der Waals surface area contributed by atoms with Crippen LogP contribution in [-0.2, 0) is 19.1 Å². The lowest BCUT2D eigenvalue weighted by Gasteiger charge is -2.39. The normalized spacial score (nSPS) is 24.8. The molecule has 0 spiro atoms. The maximum absolute atomic E-state index is 12.9. The van der Waals surface area contributed by atoms with Gasteiger partial charge in [0.05, 0.1) is 5.92 Å². The molecule has 2 aliphatic carbocycles. The van der Waals surface area contributed by atoms with E-state index in [1.807, 2.05) is 0 Å². The van der Waals surface area contributed by atoms with Crippen LogP contribution < -0.4 is 0 Å². The van der Waals surface area contributed by atoms with E-state index < -0.39 is 0 Å². The summed E-state index contributed by atoms with van der Waals surface area (Å²) in [4.78, 5) is 24.5. The Morgan fingerprint density at radius 3 is 2.29 bits per heavy atom. The summed E-state index contributed by atoms with van der Waals surface area (Å²) in [5, 5.41) is 0. The van der Waals surface area contributed by atoms with E-state index in [4.69, 9.17) is 9.47 Å². The lowest BCUT2D eigenvalue weighted by molar-refractivity contribution is -0.172. The second-order valence-electron chi connectivity index (χ2n) is 8.74. The van der Waals surface area contributed by atoms with Crippen LogP contribution in [0.3, 0.4) is 0 Å². The average Bonchev–Trinajstić information content (AvgIpc) is 2.69. The standard InChI is InChI=1S/C24H40O4/c1-3-5-6-7-9-17-24(18-10-8-11-19-24)28-23(26)20-13-15-21(16-14-20)27-22(25)12-4-2/h4,12,20-21H,3,5-11,13-19H2,1-2H3/b12-4+. The van der Waals surface area contributed by atoms with Gasteiger partial charge in [-0.15, -0.1) is 0 Å². The van der Waals surface area contributed by atoms with Crippen molar-refractivity contribution in [3.05, 3.63) is 12.2 Å². The van der Waals surface area contributed by atoms with Gasteiger partial charge in [-0.05, 0) is 71.1 Å². The summed E-state index contributed by atoms with van der Waals surface area (Å²) in [6.45, 7) is 4.04. The molecule has 28 heavy (non-hydrogen) atoms. The van der Waals surface area contributed by atoms with Gasteiger partial charge < -0.3 is 9.47 Å². The van der Waals surface area contributed by atoms with E-state index >= 15 is 0 Å². The van der Waals surface area contributed by atoms with Crippen LogP contribution in [0.4, 0.5) is 0 Å². The van der Waals surface area contributed by atoms with E-state index in [1.54, 1.807) is 13.0 Å². The molecule has 160 valence electrons. The fourth-order valence-corrected chi connectivity index (χ4v) is 4.70. The molecule has 0 aromatic rings. The number of hydrogen-bond donors (Lipinski definition) is 0. The van der Waals surface area contributed by atoms with Crippen molar-refractivity contribution in [2.75, 3.05) is 0 Å². The predicted molar refractivity (Wildman–Crippen MR) is 112 cm³/mol. The summed E-state index contributed by atoms with van der Waals surface area (Å²) < 4.78 is 11.7. The molecule has 2 aliphatic rings. The molecular formula is C24H40O4. The molecule has 4 heteroatoms. The quantitative estimate of drug-likeness (QED) is 0.250. The maximum Gasteiger partial charge on any atom is 0.330 e. The molecule has 0 atom stereocenters. The van der Waals surface area contributed by atoms with Crippen molar-refractivity contribution in [1.29, 1.82) is 0 Å². The third kappa shape index (κ3) is 7.60. The molecule has 0 saturated heterocycles. The van der Waals surface area contributed by atoms with E-state index in [9.17, 15) is 9.59 Å². The Balaban J connectivity index is 1.80. The zero-order valence-electron chi connectivity index (χ0n) is 18.0. The third-order valence-electron chi connectivity index (χ3n) is 6.41. The van der Waals surface area contributed by atoms with Crippen LogP contribution in [0.25, 0.3) is 0 Å². The zero-order chi connectivity index (χ0) is 20.2. The van der Waals surface area contributed by atoms with Crippen molar-refractivity contribution in [2.24, 2.45) is 5.92 Å². The summed E-state index contributed by atoms with van der Waals surface area (Å²) in [5.74, 6) is -0.318. The van der Waals surface area contributed by atoms with Gasteiger partial charge in [-0.3, -0.25) is 4.79 Å². The minimum Gasteiger partial charge on any atom is -0.459 e. The minimum absolute atomic E-state index is 0.00584. The molecule has 0 aromatic carbocycles. The number of carbonyl (C=O) groups excluding carboxylic acids is 2. The molecule has 0 N–H and O–H groups in total. The van der Waals surface area contributed by atoms with Crippen LogP contribution in [0.1, 0.15) is 110 Å². The Labute approximate surface area is 171 Å². The van der Waals surface area contributed by atoms with E-state index in [1.165, 1.54) is 57.4 Å². The number of hydrogen-bond acceptors (Lipinski definition) is 4. The van der Waals surface area contributed by atoms with Crippen molar-refractivity contribution in [1.82, 2.24) is 0 Å². The number of rotatable bonds is 10. The maximum atomic E-state index is 12.9. The van der Waals surface area contributed by atoms with Crippen LogP contribution in [-0.4, -0.2) is 23.6 Å². The lowest BCUT2D eigenvalue weighted by Crippen LogP contribution is -2.40. The lowest BCUT2D eigenvalue weighted by atomic mass is 9.80. The van der Waals surface area contributed by atoms with Crippen molar-refractivity contribution in [3.8, 4) is 0 Å². The fraction of sp³-hybridized carbons (Fsp3) is 0.833. The SMILES string of the molecule is C/C=C/C(=O)OC1CCC(C(=O)OC2(CCCCCCC)CCCCC2)CC1. The summed E-state index contributed by atoms with van der Waals surface area (Å²) in [6.07, 6.45) is 19.1. The average molecular weight is 393 g/mol. The molecule has 0 unspecified atom stereocenters. The molecule has 2 saturated carbocycles. The Kier molecular flexibility index (Phi) is 10.1. The van der Waals surface area contributed by atoms with Gasteiger partial charge in [0.15, 0.2) is 0 Å². The number of allylic oxidation sites excluding steroid dienone is 1. The van der Waals surface area contributed by atoms with Gasteiger partial charge >= 0.3 is 11.9 Å². The topological polar surface area (TPSA) is 52.6 Å². The molecule has 0 heterocycles. The van der Waals surface area contributed by atoms with Gasteiger partial charge in [-0.25, -0.2) is 4.79 Å². The van der Waals surface area contributed by atoms with Crippen molar-refractivity contribution < 1.29 is 19.1 Å². The highest BCUT2D eigenvalue weighted by atomic mass is 16.6. The highest BCUT2D eigenvalue weighted by molar-refractivity contribution is 5.82. The molecule has 0 aliphatic heterocycles. The first kappa shape index (κ1) is 23.0. The van der Waals surface area contributed by atoms with Crippen LogP contribution >= 0.6 is 0 Å². The van der Waals surface area contributed by atoms with Gasteiger partial charge in [0.25, 0.3) is 0 Å². The van der Waals surface area contributed by atoms with E-state index in [-0.39, 0.29) is 29.6 Å². The zero-order valence-corrected chi connectivity index (χ0v) is 18.0. The van der Waals surface area contributed by atoms with Crippen molar-refractivity contribution >= 4 is 11.9 Å². The highest BCUT2D eigenvalue weighted by Crippen LogP contribution is 2.38. The second-order valence-corrected chi connectivity index (χ2v) is 8.74. The molecule has 0 amide bonds. The third-order valence-corrected chi connectivity index (χ3v) is 6.41. The van der Waals surface area contributed by atoms with E-state index in [0.29, 0.717) is 0 Å². The summed E-state index contributed by atoms with van der Waals surface area (Å²) in [6, 6.07) is 0. The Bertz CT molecular complexity index is 497. The van der Waals surface area contributed by atoms with Gasteiger partial charge in [-0.1, -0.05) is 45.1 Å². The number of ether oxygens (including phenoxy) is 2. The first-order valence-corrected chi connectivity index (χ1v) is 11.6. The molecule has 0 radical (unpaired) electrons. The second kappa shape index (κ2) is 12.3. The van der Waals surface area contributed by atoms with Gasteiger partial charge in [0.2, 0.25) is 0 Å². The molecule has 0 aromatic heterocycles. The molecule has 4 nitrogen and oxygen atoms in total. The Hall–Kier alpha value is -1.32. The van der Waals surface area contributed by atoms with Crippen LogP contribution in [0.2, 0.25) is 0 Å². The van der Waals surface area contributed by atoms with Crippen LogP contribution in [0.5, 0.6) is 0 Å². The smallest absolute Gasteiger partial charge is 0.330 e. The van der Waals surface area contributed by atoms with Gasteiger partial charge in [-0.2, -0.15) is 0 Å².